The van der Waals surface area contributed by atoms with Crippen LogP contribution in [0.2, 0.25) is 0 Å². The third kappa shape index (κ3) is 9.45. The smallest absolute Gasteiger partial charge is 0.309 e. The molecule has 0 radical (unpaired) electrons. The highest BCUT2D eigenvalue weighted by Gasteiger charge is 2.27. The number of carbonyl (C=O) groups is 2. The number of guanidine groups is 1. The number of nitrogens with one attached hydrogen (secondary N) is 2. The first-order valence-corrected chi connectivity index (χ1v) is 11.0. The molecule has 0 aromatic heterocycles. The van der Waals surface area contributed by atoms with Gasteiger partial charge in [-0.15, -0.1) is 24.0 Å². The summed E-state index contributed by atoms with van der Waals surface area (Å²) in [4.78, 5) is 31.0. The van der Waals surface area contributed by atoms with E-state index in [4.69, 9.17) is 9.73 Å². The van der Waals surface area contributed by atoms with Crippen LogP contribution in [0.25, 0.3) is 0 Å². The van der Waals surface area contributed by atoms with Crippen LogP contribution in [0.4, 0.5) is 5.69 Å². The topological polar surface area (TPSA) is 83.0 Å². The molecule has 8 heteroatoms. The zero-order valence-electron chi connectivity index (χ0n) is 19.1. The predicted octanol–water partition coefficient (Wildman–Crippen LogP) is 4.03. The van der Waals surface area contributed by atoms with Crippen LogP contribution < -0.4 is 10.6 Å². The van der Waals surface area contributed by atoms with Crippen molar-refractivity contribution in [3.8, 4) is 0 Å². The summed E-state index contributed by atoms with van der Waals surface area (Å²) in [5.74, 6) is 1.11. The third-order valence-electron chi connectivity index (χ3n) is 4.97. The van der Waals surface area contributed by atoms with E-state index in [2.05, 4.69) is 15.5 Å². The van der Waals surface area contributed by atoms with Gasteiger partial charge in [-0.1, -0.05) is 26.0 Å². The summed E-state index contributed by atoms with van der Waals surface area (Å²) in [6, 6.07) is 7.82. The van der Waals surface area contributed by atoms with Crippen molar-refractivity contribution in [2.24, 2.45) is 16.8 Å². The number of aliphatic imine (C=N–C) groups is 1. The Bertz CT molecular complexity index is 731. The van der Waals surface area contributed by atoms with Gasteiger partial charge in [0, 0.05) is 31.7 Å². The van der Waals surface area contributed by atoms with E-state index in [1.165, 1.54) is 0 Å². The number of rotatable bonds is 8. The van der Waals surface area contributed by atoms with Gasteiger partial charge in [-0.25, -0.2) is 4.99 Å². The largest absolute Gasteiger partial charge is 0.466 e. The fourth-order valence-electron chi connectivity index (χ4n) is 3.51. The maximum atomic E-state index is 12.0. The minimum Gasteiger partial charge on any atom is -0.466 e. The molecule has 0 atom stereocenters. The highest BCUT2D eigenvalue weighted by molar-refractivity contribution is 14.0. The summed E-state index contributed by atoms with van der Waals surface area (Å²) < 4.78 is 5.16. The first-order chi connectivity index (χ1) is 14.4. The Morgan fingerprint density at radius 2 is 1.94 bits per heavy atom. The van der Waals surface area contributed by atoms with Crippen LogP contribution in [-0.2, 0) is 20.9 Å². The Hall–Kier alpha value is -1.84. The lowest BCUT2D eigenvalue weighted by molar-refractivity contribution is -0.149. The van der Waals surface area contributed by atoms with E-state index in [1.807, 2.05) is 52.0 Å². The first kappa shape index (κ1) is 27.2. The van der Waals surface area contributed by atoms with Crippen LogP contribution in [0.15, 0.2) is 29.3 Å². The molecule has 1 aromatic rings. The number of anilines is 1. The van der Waals surface area contributed by atoms with Gasteiger partial charge in [-0.3, -0.25) is 9.59 Å². The van der Waals surface area contributed by atoms with E-state index in [9.17, 15) is 9.59 Å². The molecule has 0 bridgehead atoms. The van der Waals surface area contributed by atoms with Crippen molar-refractivity contribution in [3.63, 3.8) is 0 Å². The molecule has 2 N–H and O–H groups in total. The number of piperidine rings is 1. The standard InChI is InChI=1S/C23H36N4O3.HI/c1-5-24-23(27-12-10-19(11-13-27)22(29)30-6-2)25-16-18-8-7-9-20(15-18)26-21(28)14-17(3)4;/h7-9,15,17,19H,5-6,10-14,16H2,1-4H3,(H,24,25)(H,26,28);1H. The number of amides is 1. The molecule has 1 aromatic carbocycles. The number of esters is 1. The maximum Gasteiger partial charge on any atom is 0.309 e. The zero-order valence-corrected chi connectivity index (χ0v) is 21.5. The van der Waals surface area contributed by atoms with E-state index in [1.54, 1.807) is 0 Å². The van der Waals surface area contributed by atoms with Gasteiger partial charge in [0.25, 0.3) is 0 Å². The van der Waals surface area contributed by atoms with Crippen molar-refractivity contribution in [2.45, 2.75) is 53.5 Å². The Morgan fingerprint density at radius 1 is 1.23 bits per heavy atom. The van der Waals surface area contributed by atoms with E-state index >= 15 is 0 Å². The zero-order chi connectivity index (χ0) is 21.9. The Morgan fingerprint density at radius 3 is 2.55 bits per heavy atom. The number of benzene rings is 1. The number of hydrogen-bond donors (Lipinski definition) is 2. The molecule has 7 nitrogen and oxygen atoms in total. The minimum atomic E-state index is -0.0876. The normalized spacial score (nSPS) is 14.7. The average Bonchev–Trinajstić information content (AvgIpc) is 2.71. The molecule has 0 saturated carbocycles. The Labute approximate surface area is 203 Å². The molecule has 1 aliphatic heterocycles. The second kappa shape index (κ2) is 14.3. The highest BCUT2D eigenvalue weighted by Crippen LogP contribution is 2.19. The minimum absolute atomic E-state index is 0. The van der Waals surface area contributed by atoms with E-state index in [-0.39, 0.29) is 41.8 Å². The molecule has 31 heavy (non-hydrogen) atoms. The highest BCUT2D eigenvalue weighted by atomic mass is 127. The molecule has 0 spiro atoms. The molecule has 1 saturated heterocycles. The SMILES string of the molecule is CCNC(=NCc1cccc(NC(=O)CC(C)C)c1)N1CCC(C(=O)OCC)CC1.I. The summed E-state index contributed by atoms with van der Waals surface area (Å²) in [6.45, 7) is 11.2. The second-order valence-corrected chi connectivity index (χ2v) is 8.03. The number of halogens is 1. The number of carbonyl (C=O) groups excluding carboxylic acids is 2. The summed E-state index contributed by atoms with van der Waals surface area (Å²) >= 11 is 0. The number of hydrogen-bond acceptors (Lipinski definition) is 4. The van der Waals surface area contributed by atoms with Crippen LogP contribution in [0.1, 0.15) is 52.5 Å². The van der Waals surface area contributed by atoms with E-state index in [0.717, 1.165) is 49.7 Å². The van der Waals surface area contributed by atoms with Crippen LogP contribution in [-0.4, -0.2) is 49.0 Å². The lowest BCUT2D eigenvalue weighted by Gasteiger charge is -2.33. The number of nitrogens with zero attached hydrogens (tertiary/aromatic N) is 2. The quantitative estimate of drug-likeness (QED) is 0.224. The second-order valence-electron chi connectivity index (χ2n) is 8.03. The molecule has 2 rings (SSSR count). The predicted molar refractivity (Wildman–Crippen MR) is 136 cm³/mol. The van der Waals surface area contributed by atoms with Crippen molar-refractivity contribution >= 4 is 47.5 Å². The van der Waals surface area contributed by atoms with Gasteiger partial charge in [0.05, 0.1) is 19.1 Å². The Kier molecular flexibility index (Phi) is 12.5. The summed E-state index contributed by atoms with van der Waals surface area (Å²) in [7, 11) is 0. The third-order valence-corrected chi connectivity index (χ3v) is 4.97. The summed E-state index contributed by atoms with van der Waals surface area (Å²) in [6.07, 6.45) is 2.07. The molecule has 1 aliphatic rings. The molecule has 1 heterocycles. The van der Waals surface area contributed by atoms with E-state index in [0.29, 0.717) is 25.5 Å². The van der Waals surface area contributed by atoms with Crippen LogP contribution in [0.3, 0.4) is 0 Å². The molecule has 1 amide bonds. The fraction of sp³-hybridized carbons (Fsp3) is 0.609. The van der Waals surface area contributed by atoms with Crippen molar-refractivity contribution < 1.29 is 14.3 Å². The summed E-state index contributed by atoms with van der Waals surface area (Å²) in [5, 5.41) is 6.31. The van der Waals surface area contributed by atoms with Gasteiger partial charge in [0.2, 0.25) is 5.91 Å². The van der Waals surface area contributed by atoms with Crippen LogP contribution in [0.5, 0.6) is 0 Å². The maximum absolute atomic E-state index is 12.0. The number of ether oxygens (including phenoxy) is 1. The van der Waals surface area contributed by atoms with Gasteiger partial charge in [-0.2, -0.15) is 0 Å². The molecule has 174 valence electrons. The first-order valence-electron chi connectivity index (χ1n) is 11.0. The van der Waals surface area contributed by atoms with Crippen LogP contribution >= 0.6 is 24.0 Å². The van der Waals surface area contributed by atoms with Gasteiger partial charge in [0.15, 0.2) is 5.96 Å². The molecule has 1 fully saturated rings. The van der Waals surface area contributed by atoms with E-state index < -0.39 is 0 Å². The fourth-order valence-corrected chi connectivity index (χ4v) is 3.51. The molecule has 0 unspecified atom stereocenters. The van der Waals surface area contributed by atoms with Crippen molar-refractivity contribution in [1.82, 2.24) is 10.2 Å². The van der Waals surface area contributed by atoms with Crippen LogP contribution in [0, 0.1) is 11.8 Å². The van der Waals surface area contributed by atoms with Gasteiger partial charge in [-0.05, 0) is 50.3 Å². The summed E-state index contributed by atoms with van der Waals surface area (Å²) in [5.41, 5.74) is 1.84. The lowest BCUT2D eigenvalue weighted by Crippen LogP contribution is -2.46. The van der Waals surface area contributed by atoms with Gasteiger partial charge in [0.1, 0.15) is 0 Å². The number of likely N-dealkylation sites (tertiary alicyclic amines) is 1. The lowest BCUT2D eigenvalue weighted by atomic mass is 9.97. The van der Waals surface area contributed by atoms with Crippen molar-refractivity contribution in [3.05, 3.63) is 29.8 Å². The average molecular weight is 544 g/mol. The van der Waals surface area contributed by atoms with Gasteiger partial charge < -0.3 is 20.3 Å². The Balaban J connectivity index is 0.00000480. The van der Waals surface area contributed by atoms with Crippen molar-refractivity contribution in [1.29, 1.82) is 0 Å². The van der Waals surface area contributed by atoms with Crippen molar-refractivity contribution in [2.75, 3.05) is 31.6 Å². The molecular formula is C23H37IN4O3. The monoisotopic (exact) mass is 544 g/mol. The van der Waals surface area contributed by atoms with Gasteiger partial charge >= 0.3 is 5.97 Å². The molecular weight excluding hydrogens is 507 g/mol. The molecule has 0 aliphatic carbocycles.